The third-order valence-corrected chi connectivity index (χ3v) is 6.04. The molecule has 0 spiro atoms. The second kappa shape index (κ2) is 11.5. The monoisotopic (exact) mass is 487 g/mol. The summed E-state index contributed by atoms with van der Waals surface area (Å²) in [6.45, 7) is -0.106. The summed E-state index contributed by atoms with van der Waals surface area (Å²) < 4.78 is 37.7. The number of halogens is 1. The lowest BCUT2D eigenvalue weighted by molar-refractivity contribution is -0.119. The van der Waals surface area contributed by atoms with Crippen LogP contribution in [-0.4, -0.2) is 34.2 Å². The third-order valence-electron chi connectivity index (χ3n) is 4.37. The standard InChI is InChI=1S/C23H22ClN3O5S/c1-31-22-13-18(9-12-21(22)32-16-17-7-10-19(24)11-8-17)14-25-27-23(28)15-26-33(29,30)20-5-3-2-4-6-20/h2-14,26H,15-16H2,1H3,(H,27,28)/b25-14+. The van der Waals surface area contributed by atoms with E-state index in [4.69, 9.17) is 21.1 Å². The van der Waals surface area contributed by atoms with Gasteiger partial charge in [-0.05, 0) is 53.6 Å². The first kappa shape index (κ1) is 24.2. The SMILES string of the molecule is COc1cc(/C=N/NC(=O)CNS(=O)(=O)c2ccccc2)ccc1OCc1ccc(Cl)cc1. The Bertz CT molecular complexity index is 1220. The Morgan fingerprint density at radius 2 is 1.76 bits per heavy atom. The Kier molecular flexibility index (Phi) is 8.42. The van der Waals surface area contributed by atoms with Gasteiger partial charge in [-0.1, -0.05) is 41.9 Å². The van der Waals surface area contributed by atoms with Gasteiger partial charge in [0.15, 0.2) is 11.5 Å². The van der Waals surface area contributed by atoms with E-state index in [2.05, 4.69) is 15.2 Å². The molecule has 0 fully saturated rings. The van der Waals surface area contributed by atoms with Gasteiger partial charge in [0.2, 0.25) is 10.0 Å². The molecule has 0 saturated carbocycles. The van der Waals surface area contributed by atoms with E-state index in [1.807, 2.05) is 12.1 Å². The first-order chi connectivity index (χ1) is 15.9. The summed E-state index contributed by atoms with van der Waals surface area (Å²) in [6, 6.07) is 20.3. The van der Waals surface area contributed by atoms with Crippen LogP contribution in [0.3, 0.4) is 0 Å². The van der Waals surface area contributed by atoms with Crippen molar-refractivity contribution in [2.45, 2.75) is 11.5 Å². The largest absolute Gasteiger partial charge is 0.493 e. The van der Waals surface area contributed by atoms with Gasteiger partial charge in [0.1, 0.15) is 6.61 Å². The zero-order valence-electron chi connectivity index (χ0n) is 17.7. The lowest BCUT2D eigenvalue weighted by Gasteiger charge is -2.11. The molecular formula is C23H22ClN3O5S. The van der Waals surface area contributed by atoms with Crippen molar-refractivity contribution in [2.75, 3.05) is 13.7 Å². The maximum atomic E-state index is 12.1. The van der Waals surface area contributed by atoms with E-state index < -0.39 is 22.5 Å². The number of nitrogens with zero attached hydrogens (tertiary/aromatic N) is 1. The number of hydrogen-bond acceptors (Lipinski definition) is 6. The minimum Gasteiger partial charge on any atom is -0.493 e. The van der Waals surface area contributed by atoms with Crippen LogP contribution in [0, 0.1) is 0 Å². The average Bonchev–Trinajstić information content (AvgIpc) is 2.83. The summed E-state index contributed by atoms with van der Waals surface area (Å²) >= 11 is 5.89. The molecular weight excluding hydrogens is 466 g/mol. The van der Waals surface area contributed by atoms with Gasteiger partial charge in [-0.2, -0.15) is 5.10 Å². The summed E-state index contributed by atoms with van der Waals surface area (Å²) in [4.78, 5) is 12.0. The summed E-state index contributed by atoms with van der Waals surface area (Å²) in [5.74, 6) is 0.430. The molecule has 10 heteroatoms. The molecule has 3 aromatic carbocycles. The molecule has 0 atom stereocenters. The van der Waals surface area contributed by atoms with Crippen LogP contribution in [0.5, 0.6) is 11.5 Å². The van der Waals surface area contributed by atoms with E-state index >= 15 is 0 Å². The number of hydrogen-bond donors (Lipinski definition) is 2. The zero-order valence-corrected chi connectivity index (χ0v) is 19.3. The number of carbonyl (C=O) groups is 1. The predicted molar refractivity (Wildman–Crippen MR) is 126 cm³/mol. The Morgan fingerprint density at radius 1 is 1.03 bits per heavy atom. The van der Waals surface area contributed by atoms with Gasteiger partial charge in [0, 0.05) is 5.02 Å². The van der Waals surface area contributed by atoms with Crippen molar-refractivity contribution >= 4 is 33.7 Å². The number of carbonyl (C=O) groups excluding carboxylic acids is 1. The maximum absolute atomic E-state index is 12.1. The second-order valence-corrected chi connectivity index (χ2v) is 8.96. The number of sulfonamides is 1. The Hall–Kier alpha value is -3.40. The molecule has 0 aliphatic heterocycles. The van der Waals surface area contributed by atoms with Gasteiger partial charge in [-0.15, -0.1) is 0 Å². The van der Waals surface area contributed by atoms with E-state index in [0.29, 0.717) is 28.7 Å². The number of ether oxygens (including phenoxy) is 2. The van der Waals surface area contributed by atoms with Crippen LogP contribution in [0.4, 0.5) is 0 Å². The lowest BCUT2D eigenvalue weighted by Crippen LogP contribution is -2.34. The van der Waals surface area contributed by atoms with Crippen molar-refractivity contribution in [3.63, 3.8) is 0 Å². The summed E-state index contributed by atoms with van der Waals surface area (Å²) in [7, 11) is -2.25. The summed E-state index contributed by atoms with van der Waals surface area (Å²) in [5.41, 5.74) is 3.88. The first-order valence-electron chi connectivity index (χ1n) is 9.79. The molecule has 0 unspecified atom stereocenters. The van der Waals surface area contributed by atoms with Crippen LogP contribution >= 0.6 is 11.6 Å². The quantitative estimate of drug-likeness (QED) is 0.337. The fraction of sp³-hybridized carbons (Fsp3) is 0.130. The fourth-order valence-electron chi connectivity index (χ4n) is 2.69. The van der Waals surface area contributed by atoms with Crippen molar-refractivity contribution in [1.29, 1.82) is 0 Å². The topological polar surface area (TPSA) is 106 Å². The number of nitrogens with one attached hydrogen (secondary N) is 2. The number of methoxy groups -OCH3 is 1. The van der Waals surface area contributed by atoms with E-state index in [1.165, 1.54) is 25.5 Å². The molecule has 2 N–H and O–H groups in total. The van der Waals surface area contributed by atoms with Gasteiger partial charge < -0.3 is 9.47 Å². The molecule has 0 heterocycles. The van der Waals surface area contributed by atoms with Gasteiger partial charge >= 0.3 is 0 Å². The first-order valence-corrected chi connectivity index (χ1v) is 11.7. The zero-order chi connectivity index (χ0) is 23.7. The minimum absolute atomic E-state index is 0.0757. The molecule has 3 rings (SSSR count). The van der Waals surface area contributed by atoms with Crippen molar-refractivity contribution in [3.05, 3.63) is 88.9 Å². The van der Waals surface area contributed by atoms with Crippen molar-refractivity contribution < 1.29 is 22.7 Å². The van der Waals surface area contributed by atoms with Crippen LogP contribution in [-0.2, 0) is 21.4 Å². The van der Waals surface area contributed by atoms with Crippen LogP contribution in [0.25, 0.3) is 0 Å². The van der Waals surface area contributed by atoms with Crippen LogP contribution < -0.4 is 19.6 Å². The van der Waals surface area contributed by atoms with Gasteiger partial charge in [0.05, 0.1) is 24.8 Å². The fourth-order valence-corrected chi connectivity index (χ4v) is 3.82. The highest BCUT2D eigenvalue weighted by Crippen LogP contribution is 2.28. The van der Waals surface area contributed by atoms with Crippen molar-refractivity contribution in [2.24, 2.45) is 5.10 Å². The molecule has 1 amide bonds. The molecule has 0 aliphatic rings. The van der Waals surface area contributed by atoms with Crippen molar-refractivity contribution in [1.82, 2.24) is 10.1 Å². The predicted octanol–water partition coefficient (Wildman–Crippen LogP) is 3.36. The third kappa shape index (κ3) is 7.31. The number of hydrazone groups is 1. The average molecular weight is 488 g/mol. The van der Waals surface area contributed by atoms with E-state index in [1.54, 1.807) is 48.5 Å². The molecule has 0 radical (unpaired) electrons. The summed E-state index contributed by atoms with van der Waals surface area (Å²) in [6.07, 6.45) is 1.41. The highest BCUT2D eigenvalue weighted by molar-refractivity contribution is 7.89. The molecule has 0 aliphatic carbocycles. The molecule has 172 valence electrons. The number of benzene rings is 3. The number of rotatable bonds is 10. The number of amides is 1. The normalized spacial score (nSPS) is 11.3. The Morgan fingerprint density at radius 3 is 2.45 bits per heavy atom. The van der Waals surface area contributed by atoms with E-state index in [0.717, 1.165) is 5.56 Å². The van der Waals surface area contributed by atoms with Gasteiger partial charge in [-0.3, -0.25) is 4.79 Å². The minimum atomic E-state index is -3.77. The van der Waals surface area contributed by atoms with E-state index in [9.17, 15) is 13.2 Å². The smallest absolute Gasteiger partial charge is 0.255 e. The van der Waals surface area contributed by atoms with Crippen LogP contribution in [0.15, 0.2) is 82.8 Å². The molecule has 8 nitrogen and oxygen atoms in total. The summed E-state index contributed by atoms with van der Waals surface area (Å²) in [5, 5.41) is 4.51. The highest BCUT2D eigenvalue weighted by atomic mass is 35.5. The molecule has 33 heavy (non-hydrogen) atoms. The Labute approximate surface area is 197 Å². The Balaban J connectivity index is 1.53. The van der Waals surface area contributed by atoms with Gasteiger partial charge in [0.25, 0.3) is 5.91 Å². The maximum Gasteiger partial charge on any atom is 0.255 e. The molecule has 0 bridgehead atoms. The van der Waals surface area contributed by atoms with Crippen LogP contribution in [0.1, 0.15) is 11.1 Å². The molecule has 0 saturated heterocycles. The highest BCUT2D eigenvalue weighted by Gasteiger charge is 2.14. The van der Waals surface area contributed by atoms with E-state index in [-0.39, 0.29) is 4.90 Å². The van der Waals surface area contributed by atoms with Gasteiger partial charge in [-0.25, -0.2) is 18.6 Å². The lowest BCUT2D eigenvalue weighted by atomic mass is 10.2. The van der Waals surface area contributed by atoms with Crippen LogP contribution in [0.2, 0.25) is 5.02 Å². The molecule has 3 aromatic rings. The van der Waals surface area contributed by atoms with Crippen molar-refractivity contribution in [3.8, 4) is 11.5 Å². The second-order valence-electron chi connectivity index (χ2n) is 6.76. The molecule has 0 aromatic heterocycles.